The summed E-state index contributed by atoms with van der Waals surface area (Å²) in [5, 5.41) is 17.1. The fourth-order valence-electron chi connectivity index (χ4n) is 1.37. The number of rotatable bonds is 6. The molecular weight excluding hydrogens is 224 g/mol. The van der Waals surface area contributed by atoms with Crippen molar-refractivity contribution in [1.82, 2.24) is 15.0 Å². The van der Waals surface area contributed by atoms with E-state index in [1.165, 1.54) is 4.68 Å². The van der Waals surface area contributed by atoms with E-state index in [4.69, 9.17) is 10.5 Å². The molecule has 0 aliphatic carbocycles. The third kappa shape index (κ3) is 3.24. The summed E-state index contributed by atoms with van der Waals surface area (Å²) in [5.41, 5.74) is 6.16. The minimum atomic E-state index is -0.537. The predicted octanol–water partition coefficient (Wildman–Crippen LogP) is -0.316. The summed E-state index contributed by atoms with van der Waals surface area (Å²) in [7, 11) is 0. The van der Waals surface area contributed by atoms with Crippen molar-refractivity contribution in [2.45, 2.75) is 39.5 Å². The number of ether oxygens (including phenoxy) is 1. The first-order chi connectivity index (χ1) is 8.13. The van der Waals surface area contributed by atoms with E-state index in [1.54, 1.807) is 6.92 Å². The molecule has 3 N–H and O–H groups in total. The van der Waals surface area contributed by atoms with E-state index < -0.39 is 12.1 Å². The normalized spacial score (nSPS) is 12.5. The lowest BCUT2D eigenvalue weighted by molar-refractivity contribution is 0.0517. The van der Waals surface area contributed by atoms with Gasteiger partial charge >= 0.3 is 5.97 Å². The van der Waals surface area contributed by atoms with E-state index in [2.05, 4.69) is 10.3 Å². The maximum absolute atomic E-state index is 11.5. The summed E-state index contributed by atoms with van der Waals surface area (Å²) >= 11 is 0. The summed E-state index contributed by atoms with van der Waals surface area (Å²) in [6, 6.07) is 0. The highest BCUT2D eigenvalue weighted by Crippen LogP contribution is 2.08. The molecular formula is C10H18N4O3. The summed E-state index contributed by atoms with van der Waals surface area (Å²) < 4.78 is 6.29. The number of nitrogens with zero attached hydrogens (tertiary/aromatic N) is 3. The summed E-state index contributed by atoms with van der Waals surface area (Å²) in [6.45, 7) is 4.24. The number of carbonyl (C=O) groups is 1. The highest BCUT2D eigenvalue weighted by Gasteiger charge is 2.20. The van der Waals surface area contributed by atoms with Crippen LogP contribution in [0.3, 0.4) is 0 Å². The molecule has 1 aromatic rings. The van der Waals surface area contributed by atoms with Gasteiger partial charge in [-0.25, -0.2) is 9.48 Å². The van der Waals surface area contributed by atoms with Gasteiger partial charge in [0.1, 0.15) is 0 Å². The zero-order valence-electron chi connectivity index (χ0n) is 10.1. The van der Waals surface area contributed by atoms with Crippen LogP contribution < -0.4 is 5.73 Å². The highest BCUT2D eigenvalue weighted by atomic mass is 16.5. The second kappa shape index (κ2) is 6.31. The number of esters is 1. The van der Waals surface area contributed by atoms with E-state index in [1.807, 2.05) is 6.92 Å². The Morgan fingerprint density at radius 2 is 2.29 bits per heavy atom. The van der Waals surface area contributed by atoms with Crippen LogP contribution in [-0.2, 0) is 17.8 Å². The maximum Gasteiger partial charge on any atom is 0.360 e. The zero-order valence-corrected chi connectivity index (χ0v) is 10.1. The third-order valence-electron chi connectivity index (χ3n) is 2.35. The molecule has 96 valence electrons. The fourth-order valence-corrected chi connectivity index (χ4v) is 1.37. The average Bonchev–Trinajstić information content (AvgIpc) is 2.72. The number of nitrogens with two attached hydrogens (primary N) is 1. The van der Waals surface area contributed by atoms with Gasteiger partial charge in [-0.2, -0.15) is 0 Å². The van der Waals surface area contributed by atoms with E-state index in [-0.39, 0.29) is 25.4 Å². The van der Waals surface area contributed by atoms with Crippen LogP contribution in [-0.4, -0.2) is 38.8 Å². The molecule has 1 unspecified atom stereocenters. The number of aromatic nitrogens is 3. The molecule has 0 amide bonds. The van der Waals surface area contributed by atoms with Gasteiger partial charge in [0.15, 0.2) is 5.69 Å². The Hall–Kier alpha value is -1.47. The molecule has 0 aliphatic rings. The molecule has 7 nitrogen and oxygen atoms in total. The van der Waals surface area contributed by atoms with Gasteiger partial charge in [-0.05, 0) is 13.3 Å². The standard InChI is InChI=1S/C10H18N4O3/c1-3-7(15)6-14-8(5-11)9(12-13-14)10(16)17-4-2/h7,15H,3-6,11H2,1-2H3. The van der Waals surface area contributed by atoms with Gasteiger partial charge in [-0.1, -0.05) is 12.1 Å². The van der Waals surface area contributed by atoms with Crippen molar-refractivity contribution in [3.63, 3.8) is 0 Å². The highest BCUT2D eigenvalue weighted by molar-refractivity contribution is 5.88. The largest absolute Gasteiger partial charge is 0.461 e. The van der Waals surface area contributed by atoms with Gasteiger partial charge in [0.05, 0.1) is 24.9 Å². The number of aliphatic hydroxyl groups excluding tert-OH is 1. The Morgan fingerprint density at radius 3 is 2.82 bits per heavy atom. The second-order valence-electron chi connectivity index (χ2n) is 3.55. The molecule has 1 heterocycles. The lowest BCUT2D eigenvalue weighted by atomic mass is 10.2. The molecule has 0 spiro atoms. The van der Waals surface area contributed by atoms with Gasteiger partial charge in [-0.3, -0.25) is 0 Å². The Morgan fingerprint density at radius 1 is 1.59 bits per heavy atom. The topological polar surface area (TPSA) is 103 Å². The molecule has 0 aliphatic heterocycles. The maximum atomic E-state index is 11.5. The van der Waals surface area contributed by atoms with Crippen molar-refractivity contribution < 1.29 is 14.6 Å². The molecule has 0 bridgehead atoms. The van der Waals surface area contributed by atoms with Gasteiger partial charge in [0, 0.05) is 6.54 Å². The third-order valence-corrected chi connectivity index (χ3v) is 2.35. The number of hydrogen-bond donors (Lipinski definition) is 2. The van der Waals surface area contributed by atoms with Crippen LogP contribution in [0.2, 0.25) is 0 Å². The van der Waals surface area contributed by atoms with Gasteiger partial charge < -0.3 is 15.6 Å². The SMILES string of the molecule is CCOC(=O)c1nnn(CC(O)CC)c1CN. The Labute approximate surface area is 99.6 Å². The van der Waals surface area contributed by atoms with E-state index in [0.717, 1.165) is 0 Å². The summed E-state index contributed by atoms with van der Waals surface area (Å²) in [4.78, 5) is 11.5. The predicted molar refractivity (Wildman–Crippen MR) is 60.2 cm³/mol. The van der Waals surface area contributed by atoms with E-state index >= 15 is 0 Å². The van der Waals surface area contributed by atoms with Gasteiger partial charge in [0.25, 0.3) is 0 Å². The number of carbonyl (C=O) groups excluding carboxylic acids is 1. The smallest absolute Gasteiger partial charge is 0.360 e. The first-order valence-corrected chi connectivity index (χ1v) is 5.61. The van der Waals surface area contributed by atoms with Crippen LogP contribution in [0.25, 0.3) is 0 Å². The minimum absolute atomic E-state index is 0.123. The van der Waals surface area contributed by atoms with Crippen LogP contribution in [0, 0.1) is 0 Å². The second-order valence-corrected chi connectivity index (χ2v) is 3.55. The van der Waals surface area contributed by atoms with Crippen LogP contribution >= 0.6 is 0 Å². The molecule has 0 saturated carbocycles. The van der Waals surface area contributed by atoms with Crippen LogP contribution in [0.4, 0.5) is 0 Å². The molecule has 1 aromatic heterocycles. The lowest BCUT2D eigenvalue weighted by Crippen LogP contribution is -2.20. The van der Waals surface area contributed by atoms with Crippen LogP contribution in [0.5, 0.6) is 0 Å². The van der Waals surface area contributed by atoms with E-state index in [9.17, 15) is 9.90 Å². The van der Waals surface area contributed by atoms with Crippen molar-refractivity contribution in [3.8, 4) is 0 Å². The molecule has 0 saturated heterocycles. The molecule has 1 rings (SSSR count). The zero-order chi connectivity index (χ0) is 12.8. The molecule has 7 heteroatoms. The van der Waals surface area contributed by atoms with Gasteiger partial charge in [0.2, 0.25) is 0 Å². The number of hydrogen-bond acceptors (Lipinski definition) is 6. The minimum Gasteiger partial charge on any atom is -0.461 e. The first-order valence-electron chi connectivity index (χ1n) is 5.61. The van der Waals surface area contributed by atoms with Crippen LogP contribution in [0.15, 0.2) is 0 Å². The van der Waals surface area contributed by atoms with E-state index in [0.29, 0.717) is 12.1 Å². The van der Waals surface area contributed by atoms with Crippen molar-refractivity contribution in [3.05, 3.63) is 11.4 Å². The summed E-state index contributed by atoms with van der Waals surface area (Å²) in [5.74, 6) is -0.537. The molecule has 1 atom stereocenters. The summed E-state index contributed by atoms with van der Waals surface area (Å²) in [6.07, 6.45) is 0.0653. The number of aliphatic hydroxyl groups is 1. The first kappa shape index (κ1) is 13.6. The quantitative estimate of drug-likeness (QED) is 0.663. The Balaban J connectivity index is 2.90. The van der Waals surface area contributed by atoms with Crippen LogP contribution in [0.1, 0.15) is 36.5 Å². The molecule has 17 heavy (non-hydrogen) atoms. The average molecular weight is 242 g/mol. The molecule has 0 radical (unpaired) electrons. The lowest BCUT2D eigenvalue weighted by Gasteiger charge is -2.09. The molecule has 0 fully saturated rings. The molecule has 0 aromatic carbocycles. The Bertz CT molecular complexity index is 378. The van der Waals surface area contributed by atoms with Crippen molar-refractivity contribution in [2.75, 3.05) is 6.61 Å². The Kier molecular flexibility index (Phi) is 5.05. The monoisotopic (exact) mass is 242 g/mol. The van der Waals surface area contributed by atoms with Gasteiger partial charge in [-0.15, -0.1) is 5.10 Å². The fraction of sp³-hybridized carbons (Fsp3) is 0.700. The van der Waals surface area contributed by atoms with Crippen molar-refractivity contribution in [1.29, 1.82) is 0 Å². The van der Waals surface area contributed by atoms with Crippen molar-refractivity contribution >= 4 is 5.97 Å². The van der Waals surface area contributed by atoms with Crippen molar-refractivity contribution in [2.24, 2.45) is 5.73 Å².